The van der Waals surface area contributed by atoms with E-state index in [1.807, 2.05) is 17.5 Å². The van der Waals surface area contributed by atoms with Gasteiger partial charge in [-0.15, -0.1) is 11.3 Å². The van der Waals surface area contributed by atoms with E-state index in [0.717, 1.165) is 23.8 Å². The molecule has 1 saturated heterocycles. The van der Waals surface area contributed by atoms with Gasteiger partial charge in [0, 0.05) is 11.4 Å². The fourth-order valence-electron chi connectivity index (χ4n) is 2.37. The number of guanidine groups is 1. The van der Waals surface area contributed by atoms with E-state index in [1.165, 1.54) is 6.92 Å². The fourth-order valence-corrected chi connectivity index (χ4v) is 3.25. The minimum absolute atomic E-state index is 0.0283. The summed E-state index contributed by atoms with van der Waals surface area (Å²) in [5, 5.41) is 1.96. The number of likely N-dealkylation sites (tertiary alicyclic amines) is 1. The molecule has 1 unspecified atom stereocenters. The second-order valence-corrected chi connectivity index (χ2v) is 5.59. The van der Waals surface area contributed by atoms with Crippen molar-refractivity contribution in [3.63, 3.8) is 0 Å². The van der Waals surface area contributed by atoms with E-state index in [1.54, 1.807) is 16.2 Å². The van der Waals surface area contributed by atoms with Crippen LogP contribution in [0.1, 0.15) is 30.7 Å². The molecule has 1 fully saturated rings. The summed E-state index contributed by atoms with van der Waals surface area (Å²) in [6, 6.07) is 3.94. The maximum Gasteiger partial charge on any atom is 0.433 e. The first-order chi connectivity index (χ1) is 9.97. The number of halogens is 3. The molecule has 3 nitrogen and oxygen atoms in total. The Kier molecular flexibility index (Phi) is 4.82. The number of hydrogen-bond donors (Lipinski definition) is 0. The van der Waals surface area contributed by atoms with Crippen molar-refractivity contribution in [2.75, 3.05) is 6.54 Å². The normalized spacial score (nSPS) is 21.0. The molecule has 1 aliphatic heterocycles. The molecule has 0 spiro atoms. The molecule has 0 radical (unpaired) electrons. The van der Waals surface area contributed by atoms with E-state index < -0.39 is 11.9 Å². The first kappa shape index (κ1) is 15.8. The zero-order chi connectivity index (χ0) is 15.5. The average Bonchev–Trinajstić information content (AvgIpc) is 3.08. The fraction of sp³-hybridized carbons (Fsp3) is 0.429. The van der Waals surface area contributed by atoms with Crippen LogP contribution in [0, 0.1) is 0 Å². The van der Waals surface area contributed by atoms with Crippen LogP contribution < -0.4 is 0 Å². The van der Waals surface area contributed by atoms with Crippen LogP contribution in [0.15, 0.2) is 39.3 Å². The van der Waals surface area contributed by atoms with Crippen molar-refractivity contribution in [3.8, 4) is 0 Å². The van der Waals surface area contributed by atoms with Crippen LogP contribution in [0.2, 0.25) is 0 Å². The zero-order valence-electron chi connectivity index (χ0n) is 11.6. The molecule has 1 aromatic rings. The van der Waals surface area contributed by atoms with Gasteiger partial charge in [0.1, 0.15) is 5.70 Å². The molecule has 2 rings (SSSR count). The quantitative estimate of drug-likeness (QED) is 0.587. The number of hydrogen-bond acceptors (Lipinski definition) is 2. The summed E-state index contributed by atoms with van der Waals surface area (Å²) in [4.78, 5) is 10.3. The van der Waals surface area contributed by atoms with Crippen LogP contribution in [0.25, 0.3) is 0 Å². The van der Waals surface area contributed by atoms with Crippen LogP contribution in [-0.4, -0.2) is 30.3 Å². The standard InChI is InChI=1S/C14H16F3N3S/c1-3-12(14(15,16)17)19-13(18-2)20-8-4-6-10(20)11-7-5-9-21-11/h3,5,7,9-10H,2,4,6,8H2,1H3/b12-3-,19-13?. The Bertz CT molecular complexity index is 546. The monoisotopic (exact) mass is 315 g/mol. The Balaban J connectivity index is 2.30. The van der Waals surface area contributed by atoms with Crippen LogP contribution in [-0.2, 0) is 0 Å². The summed E-state index contributed by atoms with van der Waals surface area (Å²) in [7, 11) is 0. The van der Waals surface area contributed by atoms with Crippen molar-refractivity contribution in [2.24, 2.45) is 9.98 Å². The Morgan fingerprint density at radius 3 is 2.81 bits per heavy atom. The van der Waals surface area contributed by atoms with Gasteiger partial charge < -0.3 is 4.90 Å². The number of alkyl halides is 3. The molecule has 0 bridgehead atoms. The molecule has 0 N–H and O–H groups in total. The third-order valence-corrected chi connectivity index (χ3v) is 4.28. The highest BCUT2D eigenvalue weighted by molar-refractivity contribution is 7.10. The summed E-state index contributed by atoms with van der Waals surface area (Å²) in [6.45, 7) is 5.32. The SMILES string of the molecule is C=NC(=N/C(=C\C)C(F)(F)F)N1CCCC1c1cccs1. The van der Waals surface area contributed by atoms with Gasteiger partial charge in [0.05, 0.1) is 6.04 Å². The minimum atomic E-state index is -4.48. The van der Waals surface area contributed by atoms with Gasteiger partial charge in [-0.05, 0) is 37.9 Å². The maximum absolute atomic E-state index is 12.8. The molecule has 2 heterocycles. The lowest BCUT2D eigenvalue weighted by molar-refractivity contribution is -0.0925. The molecule has 0 aliphatic carbocycles. The zero-order valence-corrected chi connectivity index (χ0v) is 12.4. The molecular weight excluding hydrogens is 299 g/mol. The molecule has 7 heteroatoms. The molecule has 1 aromatic heterocycles. The van der Waals surface area contributed by atoms with Gasteiger partial charge in [-0.2, -0.15) is 13.2 Å². The lowest BCUT2D eigenvalue weighted by Gasteiger charge is -2.25. The third-order valence-electron chi connectivity index (χ3n) is 3.31. The largest absolute Gasteiger partial charge is 0.433 e. The lowest BCUT2D eigenvalue weighted by atomic mass is 10.2. The van der Waals surface area contributed by atoms with E-state index in [9.17, 15) is 13.2 Å². The summed E-state index contributed by atoms with van der Waals surface area (Å²) < 4.78 is 38.5. The van der Waals surface area contributed by atoms with E-state index in [0.29, 0.717) is 6.54 Å². The summed E-state index contributed by atoms with van der Waals surface area (Å²) in [5.74, 6) is 0.0383. The van der Waals surface area contributed by atoms with Crippen molar-refractivity contribution in [1.29, 1.82) is 0 Å². The molecule has 1 atom stereocenters. The highest BCUT2D eigenvalue weighted by Crippen LogP contribution is 2.35. The highest BCUT2D eigenvalue weighted by atomic mass is 32.1. The van der Waals surface area contributed by atoms with Crippen molar-refractivity contribution in [2.45, 2.75) is 32.0 Å². The maximum atomic E-state index is 12.8. The third kappa shape index (κ3) is 3.53. The molecule has 0 aromatic carbocycles. The predicted molar refractivity (Wildman–Crippen MR) is 79.8 cm³/mol. The number of allylic oxidation sites excluding steroid dienone is 2. The summed E-state index contributed by atoms with van der Waals surface area (Å²) in [6.07, 6.45) is -1.76. The van der Waals surface area contributed by atoms with Crippen molar-refractivity contribution in [3.05, 3.63) is 34.2 Å². The van der Waals surface area contributed by atoms with Crippen molar-refractivity contribution >= 4 is 24.0 Å². The second-order valence-electron chi connectivity index (χ2n) is 4.61. The van der Waals surface area contributed by atoms with Gasteiger partial charge in [0.15, 0.2) is 0 Å². The van der Waals surface area contributed by atoms with Crippen molar-refractivity contribution in [1.82, 2.24) is 4.90 Å². The molecule has 0 amide bonds. The van der Waals surface area contributed by atoms with Crippen LogP contribution in [0.4, 0.5) is 13.2 Å². The predicted octanol–water partition coefficient (Wildman–Crippen LogP) is 4.41. The van der Waals surface area contributed by atoms with Crippen LogP contribution >= 0.6 is 11.3 Å². The minimum Gasteiger partial charge on any atom is -0.333 e. The van der Waals surface area contributed by atoms with Gasteiger partial charge in [0.25, 0.3) is 0 Å². The first-order valence-corrected chi connectivity index (χ1v) is 7.44. The number of nitrogens with zero attached hydrogens (tertiary/aromatic N) is 3. The molecular formula is C14H16F3N3S. The Labute approximate surface area is 125 Å². The Morgan fingerprint density at radius 2 is 2.29 bits per heavy atom. The highest BCUT2D eigenvalue weighted by Gasteiger charge is 2.35. The number of aliphatic imine (C=N–C) groups is 2. The Morgan fingerprint density at radius 1 is 1.52 bits per heavy atom. The number of rotatable bonds is 2. The average molecular weight is 315 g/mol. The summed E-state index contributed by atoms with van der Waals surface area (Å²) >= 11 is 1.59. The van der Waals surface area contributed by atoms with Gasteiger partial charge in [-0.1, -0.05) is 12.1 Å². The van der Waals surface area contributed by atoms with Gasteiger partial charge in [0.2, 0.25) is 5.96 Å². The lowest BCUT2D eigenvalue weighted by Crippen LogP contribution is -2.29. The van der Waals surface area contributed by atoms with E-state index >= 15 is 0 Å². The first-order valence-electron chi connectivity index (χ1n) is 6.56. The molecule has 1 aliphatic rings. The molecule has 21 heavy (non-hydrogen) atoms. The smallest absolute Gasteiger partial charge is 0.333 e. The van der Waals surface area contributed by atoms with E-state index in [4.69, 9.17) is 0 Å². The van der Waals surface area contributed by atoms with E-state index in [-0.39, 0.29) is 12.0 Å². The van der Waals surface area contributed by atoms with E-state index in [2.05, 4.69) is 16.7 Å². The van der Waals surface area contributed by atoms with Gasteiger partial charge in [-0.3, -0.25) is 0 Å². The van der Waals surface area contributed by atoms with Crippen molar-refractivity contribution < 1.29 is 13.2 Å². The molecule has 114 valence electrons. The van der Waals surface area contributed by atoms with Gasteiger partial charge in [-0.25, -0.2) is 9.98 Å². The van der Waals surface area contributed by atoms with Crippen LogP contribution in [0.3, 0.4) is 0 Å². The number of thiophene rings is 1. The second kappa shape index (κ2) is 6.43. The van der Waals surface area contributed by atoms with Crippen LogP contribution in [0.5, 0.6) is 0 Å². The van der Waals surface area contributed by atoms with Gasteiger partial charge >= 0.3 is 6.18 Å². The topological polar surface area (TPSA) is 28.0 Å². The molecule has 0 saturated carbocycles. The Hall–Kier alpha value is -1.63. The summed E-state index contributed by atoms with van der Waals surface area (Å²) in [5.41, 5.74) is -0.943.